The van der Waals surface area contributed by atoms with Crippen LogP contribution in [-0.4, -0.2) is 98.2 Å². The summed E-state index contributed by atoms with van der Waals surface area (Å²) in [6, 6.07) is 0. The molecule has 0 aliphatic carbocycles. The summed E-state index contributed by atoms with van der Waals surface area (Å²) in [5.41, 5.74) is 0. The van der Waals surface area contributed by atoms with E-state index < -0.39 is 24.9 Å². The molecule has 0 bridgehead atoms. The molecule has 0 saturated carbocycles. The van der Waals surface area contributed by atoms with Crippen LogP contribution in [0.4, 0.5) is 0 Å². The van der Waals surface area contributed by atoms with Gasteiger partial charge >= 0.3 is 0 Å². The highest BCUT2D eigenvalue weighted by Gasteiger charge is 2.09. The highest BCUT2D eigenvalue weighted by Crippen LogP contribution is 1.93. The molecule has 0 amide bonds. The van der Waals surface area contributed by atoms with E-state index >= 15 is 0 Å². The van der Waals surface area contributed by atoms with Crippen molar-refractivity contribution < 1.29 is 39.4 Å². The standard InChI is InChI=1S/C14H28O8/c1-2-3-19-4-5-20-8-13(17)9-22-11-14(18)10-21-7-12(16)6-15/h2,12-18H,1,3-11H2. The molecule has 132 valence electrons. The van der Waals surface area contributed by atoms with E-state index in [2.05, 4.69) is 6.58 Å². The lowest BCUT2D eigenvalue weighted by Gasteiger charge is -2.15. The Kier molecular flexibility index (Phi) is 14.9. The average Bonchev–Trinajstić information content (AvgIpc) is 2.50. The van der Waals surface area contributed by atoms with Gasteiger partial charge in [0.15, 0.2) is 0 Å². The van der Waals surface area contributed by atoms with Crippen molar-refractivity contribution in [2.45, 2.75) is 18.3 Å². The first-order valence-corrected chi connectivity index (χ1v) is 7.17. The van der Waals surface area contributed by atoms with Crippen molar-refractivity contribution in [3.8, 4) is 0 Å². The van der Waals surface area contributed by atoms with Crippen LogP contribution in [0.25, 0.3) is 0 Å². The molecule has 4 N–H and O–H groups in total. The van der Waals surface area contributed by atoms with E-state index in [0.29, 0.717) is 19.8 Å². The Labute approximate surface area is 130 Å². The average molecular weight is 324 g/mol. The summed E-state index contributed by atoms with van der Waals surface area (Å²) in [7, 11) is 0. The molecular weight excluding hydrogens is 296 g/mol. The maximum atomic E-state index is 9.56. The van der Waals surface area contributed by atoms with Crippen LogP contribution in [0.15, 0.2) is 12.7 Å². The summed E-state index contributed by atoms with van der Waals surface area (Å²) < 4.78 is 20.4. The van der Waals surface area contributed by atoms with Crippen LogP contribution in [-0.2, 0) is 18.9 Å². The van der Waals surface area contributed by atoms with Gasteiger partial charge in [0.25, 0.3) is 0 Å². The minimum absolute atomic E-state index is 0.00523. The Morgan fingerprint density at radius 1 is 0.727 bits per heavy atom. The number of hydrogen-bond acceptors (Lipinski definition) is 8. The lowest BCUT2D eigenvalue weighted by molar-refractivity contribution is -0.0696. The van der Waals surface area contributed by atoms with E-state index in [0.717, 1.165) is 0 Å². The predicted molar refractivity (Wildman–Crippen MR) is 78.6 cm³/mol. The zero-order chi connectivity index (χ0) is 16.6. The molecule has 3 unspecified atom stereocenters. The van der Waals surface area contributed by atoms with Crippen LogP contribution >= 0.6 is 0 Å². The molecule has 0 aromatic heterocycles. The van der Waals surface area contributed by atoms with Crippen LogP contribution < -0.4 is 0 Å². The van der Waals surface area contributed by atoms with Crippen molar-refractivity contribution in [1.82, 2.24) is 0 Å². The summed E-state index contributed by atoms with van der Waals surface area (Å²) in [6.45, 7) is 4.44. The number of hydrogen-bond donors (Lipinski definition) is 4. The SMILES string of the molecule is C=CCOCCOCC(O)COCC(O)COCC(O)CO. The van der Waals surface area contributed by atoms with Gasteiger partial charge in [-0.3, -0.25) is 0 Å². The molecule has 0 radical (unpaired) electrons. The second kappa shape index (κ2) is 15.3. The van der Waals surface area contributed by atoms with Gasteiger partial charge in [0.2, 0.25) is 0 Å². The molecule has 0 aliphatic rings. The van der Waals surface area contributed by atoms with E-state index in [4.69, 9.17) is 29.2 Å². The lowest BCUT2D eigenvalue weighted by Crippen LogP contribution is -2.29. The van der Waals surface area contributed by atoms with Crippen molar-refractivity contribution in [2.75, 3.05) is 59.5 Å². The first-order valence-electron chi connectivity index (χ1n) is 7.17. The van der Waals surface area contributed by atoms with Crippen LogP contribution in [0.5, 0.6) is 0 Å². The van der Waals surface area contributed by atoms with Gasteiger partial charge in [-0.2, -0.15) is 0 Å². The zero-order valence-electron chi connectivity index (χ0n) is 12.8. The molecule has 22 heavy (non-hydrogen) atoms. The highest BCUT2D eigenvalue weighted by atomic mass is 16.5. The Bertz CT molecular complexity index is 251. The summed E-state index contributed by atoms with van der Waals surface area (Å²) in [5.74, 6) is 0. The van der Waals surface area contributed by atoms with Crippen molar-refractivity contribution in [3.63, 3.8) is 0 Å². The minimum atomic E-state index is -0.956. The molecule has 8 heteroatoms. The molecule has 0 aliphatic heterocycles. The molecule has 0 spiro atoms. The van der Waals surface area contributed by atoms with E-state index in [-0.39, 0.29) is 33.0 Å². The lowest BCUT2D eigenvalue weighted by atomic mass is 10.4. The van der Waals surface area contributed by atoms with Crippen molar-refractivity contribution in [1.29, 1.82) is 0 Å². The van der Waals surface area contributed by atoms with Crippen LogP contribution in [0, 0.1) is 0 Å². The molecule has 0 aromatic carbocycles. The van der Waals surface area contributed by atoms with Gasteiger partial charge < -0.3 is 39.4 Å². The summed E-state index contributed by atoms with van der Waals surface area (Å²) in [5, 5.41) is 36.7. The second-order valence-corrected chi connectivity index (χ2v) is 4.66. The molecule has 0 fully saturated rings. The largest absolute Gasteiger partial charge is 0.394 e. The van der Waals surface area contributed by atoms with Crippen LogP contribution in [0.2, 0.25) is 0 Å². The van der Waals surface area contributed by atoms with E-state index in [1.54, 1.807) is 6.08 Å². The van der Waals surface area contributed by atoms with E-state index in [1.807, 2.05) is 0 Å². The number of aliphatic hydroxyl groups is 4. The highest BCUT2D eigenvalue weighted by molar-refractivity contribution is 4.63. The monoisotopic (exact) mass is 324 g/mol. The van der Waals surface area contributed by atoms with Gasteiger partial charge in [-0.1, -0.05) is 6.08 Å². The molecule has 0 heterocycles. The quantitative estimate of drug-likeness (QED) is 0.196. The molecule has 3 atom stereocenters. The third kappa shape index (κ3) is 14.4. The van der Waals surface area contributed by atoms with Crippen molar-refractivity contribution in [2.24, 2.45) is 0 Å². The van der Waals surface area contributed by atoms with Gasteiger partial charge in [-0.25, -0.2) is 0 Å². The molecule has 0 saturated heterocycles. The number of rotatable bonds is 16. The Morgan fingerprint density at radius 3 is 1.68 bits per heavy atom. The van der Waals surface area contributed by atoms with Crippen molar-refractivity contribution in [3.05, 3.63) is 12.7 Å². The summed E-state index contributed by atoms with van der Waals surface area (Å²) in [4.78, 5) is 0. The van der Waals surface area contributed by atoms with E-state index in [1.165, 1.54) is 0 Å². The maximum absolute atomic E-state index is 9.56. The van der Waals surface area contributed by atoms with Gasteiger partial charge in [0.1, 0.15) is 18.3 Å². The third-order valence-corrected chi connectivity index (χ3v) is 2.37. The second-order valence-electron chi connectivity index (χ2n) is 4.66. The molecule has 0 rings (SSSR count). The first-order chi connectivity index (χ1) is 10.6. The fraction of sp³-hybridized carbons (Fsp3) is 0.857. The smallest absolute Gasteiger partial charge is 0.101 e. The van der Waals surface area contributed by atoms with Gasteiger partial charge in [0, 0.05) is 0 Å². The fourth-order valence-corrected chi connectivity index (χ4v) is 1.33. The molecular formula is C14H28O8. The van der Waals surface area contributed by atoms with Crippen LogP contribution in [0.1, 0.15) is 0 Å². The van der Waals surface area contributed by atoms with Gasteiger partial charge in [-0.15, -0.1) is 6.58 Å². The van der Waals surface area contributed by atoms with Crippen molar-refractivity contribution >= 4 is 0 Å². The Hall–Kier alpha value is -0.580. The number of aliphatic hydroxyl groups excluding tert-OH is 4. The maximum Gasteiger partial charge on any atom is 0.101 e. The summed E-state index contributed by atoms with van der Waals surface area (Å²) >= 11 is 0. The topological polar surface area (TPSA) is 118 Å². The first kappa shape index (κ1) is 21.4. The Morgan fingerprint density at radius 2 is 1.18 bits per heavy atom. The van der Waals surface area contributed by atoms with Crippen LogP contribution in [0.3, 0.4) is 0 Å². The Balaban J connectivity index is 3.38. The predicted octanol–water partition coefficient (Wildman–Crippen LogP) is -1.69. The minimum Gasteiger partial charge on any atom is -0.394 e. The zero-order valence-corrected chi connectivity index (χ0v) is 12.8. The summed E-state index contributed by atoms with van der Waals surface area (Å²) in [6.07, 6.45) is -0.972. The van der Waals surface area contributed by atoms with E-state index in [9.17, 15) is 10.2 Å². The molecule has 0 aromatic rings. The molecule has 8 nitrogen and oxygen atoms in total. The fourth-order valence-electron chi connectivity index (χ4n) is 1.33. The van der Waals surface area contributed by atoms with Gasteiger partial charge in [-0.05, 0) is 0 Å². The van der Waals surface area contributed by atoms with Gasteiger partial charge in [0.05, 0.1) is 59.5 Å². The third-order valence-electron chi connectivity index (χ3n) is 2.37. The number of ether oxygens (including phenoxy) is 4. The normalized spacial score (nSPS) is 15.5.